The van der Waals surface area contributed by atoms with E-state index in [1.807, 2.05) is 31.0 Å². The van der Waals surface area contributed by atoms with Crippen molar-refractivity contribution in [2.24, 2.45) is 5.41 Å². The molecular weight excluding hydrogens is 400 g/mol. The molecule has 0 amide bonds. The SMILES string of the molecule is CC[C@@]1(C)C[C@@H](N(C)c2ccc(-c3ccc(-n4ccnc4)cc3O)nn2)CCC1(F)F. The van der Waals surface area contributed by atoms with Crippen molar-refractivity contribution in [2.75, 3.05) is 11.9 Å². The number of alkyl halides is 2. The molecule has 0 radical (unpaired) electrons. The van der Waals surface area contributed by atoms with E-state index in [4.69, 9.17) is 0 Å². The van der Waals surface area contributed by atoms with Gasteiger partial charge in [0.15, 0.2) is 5.82 Å². The van der Waals surface area contributed by atoms with Crippen molar-refractivity contribution in [3.8, 4) is 22.7 Å². The van der Waals surface area contributed by atoms with Crippen LogP contribution < -0.4 is 4.90 Å². The Bertz CT molecular complexity index is 1040. The summed E-state index contributed by atoms with van der Waals surface area (Å²) in [5.41, 5.74) is 0.887. The topological polar surface area (TPSA) is 67.1 Å². The van der Waals surface area contributed by atoms with E-state index in [1.165, 1.54) is 0 Å². The molecular formula is C23H27F2N5O. The maximum Gasteiger partial charge on any atom is 0.253 e. The highest BCUT2D eigenvalue weighted by atomic mass is 19.3. The van der Waals surface area contributed by atoms with Crippen molar-refractivity contribution in [3.05, 3.63) is 49.1 Å². The standard InChI is InChI=1S/C23H27F2N5O/c1-4-22(2)14-17(9-10-23(22,24)25)29(3)21-8-7-19(27-28-21)18-6-5-16(13-20(18)31)30-12-11-26-15-30/h5-8,11-13,15,17,31H,4,9-10,14H2,1-3H3/t17-,22-/m0/s1. The average Bonchev–Trinajstić information content (AvgIpc) is 3.30. The number of phenolic OH excluding ortho intramolecular Hbond substituents is 1. The lowest BCUT2D eigenvalue weighted by Gasteiger charge is -2.46. The smallest absolute Gasteiger partial charge is 0.253 e. The zero-order chi connectivity index (χ0) is 22.2. The molecule has 164 valence electrons. The molecule has 2 aromatic heterocycles. The van der Waals surface area contributed by atoms with Gasteiger partial charge in [0.1, 0.15) is 5.75 Å². The van der Waals surface area contributed by atoms with Crippen LogP contribution in [0.5, 0.6) is 5.75 Å². The van der Waals surface area contributed by atoms with Crippen LogP contribution in [-0.2, 0) is 0 Å². The van der Waals surface area contributed by atoms with Gasteiger partial charge in [0, 0.05) is 48.9 Å². The lowest BCUT2D eigenvalue weighted by atomic mass is 9.68. The van der Waals surface area contributed by atoms with Crippen molar-refractivity contribution in [3.63, 3.8) is 0 Å². The third-order valence-corrected chi connectivity index (χ3v) is 6.76. The number of halogens is 2. The molecule has 0 bridgehead atoms. The number of anilines is 1. The average molecular weight is 427 g/mol. The van der Waals surface area contributed by atoms with Gasteiger partial charge in [-0.15, -0.1) is 10.2 Å². The Morgan fingerprint density at radius 1 is 1.23 bits per heavy atom. The number of benzene rings is 1. The Labute approximate surface area is 180 Å². The summed E-state index contributed by atoms with van der Waals surface area (Å²) in [7, 11) is 1.88. The Morgan fingerprint density at radius 2 is 2.03 bits per heavy atom. The first-order chi connectivity index (χ1) is 14.7. The van der Waals surface area contributed by atoms with Crippen molar-refractivity contribution >= 4 is 5.82 Å². The molecule has 2 heterocycles. The Kier molecular flexibility index (Phi) is 5.41. The zero-order valence-corrected chi connectivity index (χ0v) is 18.0. The molecule has 1 aliphatic rings. The fraction of sp³-hybridized carbons (Fsp3) is 0.435. The van der Waals surface area contributed by atoms with E-state index in [-0.39, 0.29) is 18.2 Å². The number of rotatable bonds is 5. The van der Waals surface area contributed by atoms with Crippen molar-refractivity contribution in [1.82, 2.24) is 19.7 Å². The third kappa shape index (κ3) is 3.86. The minimum Gasteiger partial charge on any atom is -0.507 e. The molecule has 1 aliphatic carbocycles. The van der Waals surface area contributed by atoms with Gasteiger partial charge in [-0.25, -0.2) is 13.8 Å². The van der Waals surface area contributed by atoms with Gasteiger partial charge in [0.05, 0.1) is 17.7 Å². The maximum atomic E-state index is 14.4. The molecule has 4 rings (SSSR count). The molecule has 0 aliphatic heterocycles. The number of aromatic hydroxyl groups is 1. The lowest BCUT2D eigenvalue weighted by Crippen LogP contribution is -2.50. The first-order valence-electron chi connectivity index (χ1n) is 10.5. The molecule has 0 spiro atoms. The predicted molar refractivity (Wildman–Crippen MR) is 116 cm³/mol. The minimum atomic E-state index is -2.64. The number of phenols is 1. The van der Waals surface area contributed by atoms with Gasteiger partial charge in [-0.3, -0.25) is 0 Å². The van der Waals surface area contributed by atoms with Crippen LogP contribution in [0, 0.1) is 5.41 Å². The highest BCUT2D eigenvalue weighted by Crippen LogP contribution is 2.51. The Morgan fingerprint density at radius 3 is 2.65 bits per heavy atom. The minimum absolute atomic E-state index is 0.0207. The monoisotopic (exact) mass is 427 g/mol. The zero-order valence-electron chi connectivity index (χ0n) is 18.0. The fourth-order valence-corrected chi connectivity index (χ4v) is 4.31. The fourth-order valence-electron chi connectivity index (χ4n) is 4.31. The summed E-state index contributed by atoms with van der Waals surface area (Å²) in [5, 5.41) is 19.1. The number of hydrogen-bond donors (Lipinski definition) is 1. The predicted octanol–water partition coefficient (Wildman–Crippen LogP) is 5.08. The Hall–Kier alpha value is -3.03. The number of nitrogens with zero attached hydrogens (tertiary/aromatic N) is 5. The van der Waals surface area contributed by atoms with Crippen LogP contribution in [0.15, 0.2) is 49.1 Å². The molecule has 6 nitrogen and oxygen atoms in total. The van der Waals surface area contributed by atoms with E-state index >= 15 is 0 Å². The second kappa shape index (κ2) is 7.90. The van der Waals surface area contributed by atoms with Crippen LogP contribution in [-0.4, -0.2) is 43.9 Å². The van der Waals surface area contributed by atoms with Gasteiger partial charge in [-0.05, 0) is 43.5 Å². The molecule has 31 heavy (non-hydrogen) atoms. The Balaban J connectivity index is 1.52. The molecule has 1 aromatic carbocycles. The van der Waals surface area contributed by atoms with E-state index in [0.717, 1.165) is 5.69 Å². The highest BCUT2D eigenvalue weighted by molar-refractivity contribution is 5.69. The van der Waals surface area contributed by atoms with Gasteiger partial charge in [-0.2, -0.15) is 0 Å². The van der Waals surface area contributed by atoms with E-state index in [9.17, 15) is 13.9 Å². The summed E-state index contributed by atoms with van der Waals surface area (Å²) in [6.45, 7) is 3.51. The summed E-state index contributed by atoms with van der Waals surface area (Å²) in [5.74, 6) is -1.92. The molecule has 1 N–H and O–H groups in total. The molecule has 0 unspecified atom stereocenters. The van der Waals surface area contributed by atoms with Crippen LogP contribution >= 0.6 is 0 Å². The van der Waals surface area contributed by atoms with Crippen LogP contribution in [0.4, 0.5) is 14.6 Å². The maximum absolute atomic E-state index is 14.4. The molecule has 1 fully saturated rings. The second-order valence-electron chi connectivity index (χ2n) is 8.57. The third-order valence-electron chi connectivity index (χ3n) is 6.76. The summed E-state index contributed by atoms with van der Waals surface area (Å²) < 4.78 is 30.6. The van der Waals surface area contributed by atoms with Crippen LogP contribution in [0.2, 0.25) is 0 Å². The summed E-state index contributed by atoms with van der Waals surface area (Å²) >= 11 is 0. The first kappa shape index (κ1) is 21.2. The van der Waals surface area contributed by atoms with Gasteiger partial charge in [-0.1, -0.05) is 13.8 Å². The van der Waals surface area contributed by atoms with Crippen LogP contribution in [0.25, 0.3) is 16.9 Å². The molecule has 0 saturated heterocycles. The summed E-state index contributed by atoms with van der Waals surface area (Å²) in [4.78, 5) is 5.95. The number of aromatic nitrogens is 4. The normalized spacial score (nSPS) is 22.9. The van der Waals surface area contributed by atoms with Crippen molar-refractivity contribution in [1.29, 1.82) is 0 Å². The van der Waals surface area contributed by atoms with E-state index < -0.39 is 11.3 Å². The lowest BCUT2D eigenvalue weighted by molar-refractivity contribution is -0.146. The van der Waals surface area contributed by atoms with Crippen molar-refractivity contribution in [2.45, 2.75) is 51.5 Å². The molecule has 2 atom stereocenters. The van der Waals surface area contributed by atoms with Gasteiger partial charge < -0.3 is 14.6 Å². The van der Waals surface area contributed by atoms with Crippen molar-refractivity contribution < 1.29 is 13.9 Å². The summed E-state index contributed by atoms with van der Waals surface area (Å²) in [6, 6.07) is 8.89. The van der Waals surface area contributed by atoms with E-state index in [0.29, 0.717) is 36.3 Å². The highest BCUT2D eigenvalue weighted by Gasteiger charge is 2.53. The molecule has 3 aromatic rings. The largest absolute Gasteiger partial charge is 0.507 e. The van der Waals surface area contributed by atoms with Gasteiger partial charge in [0.2, 0.25) is 0 Å². The number of hydrogen-bond acceptors (Lipinski definition) is 5. The quantitative estimate of drug-likeness (QED) is 0.615. The number of imidazole rings is 1. The second-order valence-corrected chi connectivity index (χ2v) is 8.57. The summed E-state index contributed by atoms with van der Waals surface area (Å²) in [6.07, 6.45) is 6.26. The van der Waals surface area contributed by atoms with Crippen LogP contribution in [0.1, 0.15) is 39.5 Å². The molecule has 8 heteroatoms. The van der Waals surface area contributed by atoms with E-state index in [2.05, 4.69) is 15.2 Å². The molecule has 1 saturated carbocycles. The van der Waals surface area contributed by atoms with Gasteiger partial charge in [0.25, 0.3) is 5.92 Å². The van der Waals surface area contributed by atoms with Gasteiger partial charge >= 0.3 is 0 Å². The van der Waals surface area contributed by atoms with Crippen LogP contribution in [0.3, 0.4) is 0 Å². The first-order valence-corrected chi connectivity index (χ1v) is 10.5. The van der Waals surface area contributed by atoms with E-state index in [1.54, 1.807) is 48.4 Å².